The van der Waals surface area contributed by atoms with Crippen molar-refractivity contribution in [3.05, 3.63) is 48.6 Å². The number of carbonyl (C=O) groups is 2. The number of hydrogen-bond acceptors (Lipinski definition) is 5. The van der Waals surface area contributed by atoms with Gasteiger partial charge in [0.05, 0.1) is 18.2 Å². The second kappa shape index (κ2) is 7.36. The van der Waals surface area contributed by atoms with Gasteiger partial charge >= 0.3 is 5.97 Å². The number of benzene rings is 1. The summed E-state index contributed by atoms with van der Waals surface area (Å²) in [6.07, 6.45) is 2.36. The summed E-state index contributed by atoms with van der Waals surface area (Å²) in [6.45, 7) is 3.20. The number of ketones is 1. The molecule has 114 valence electrons. The second-order valence-electron chi connectivity index (χ2n) is 4.65. The van der Waals surface area contributed by atoms with Crippen LogP contribution in [0, 0.1) is 0 Å². The summed E-state index contributed by atoms with van der Waals surface area (Å²) >= 11 is 0. The molecule has 5 nitrogen and oxygen atoms in total. The van der Waals surface area contributed by atoms with Gasteiger partial charge in [-0.2, -0.15) is 0 Å². The molecular weight excluding hydrogens is 282 g/mol. The van der Waals surface area contributed by atoms with Crippen molar-refractivity contribution in [3.8, 4) is 5.88 Å². The minimum absolute atomic E-state index is 0.212. The molecule has 0 bridgehead atoms. The predicted molar refractivity (Wildman–Crippen MR) is 83.0 cm³/mol. The molecule has 0 aliphatic carbocycles. The average Bonchev–Trinajstić information content (AvgIpc) is 2.56. The van der Waals surface area contributed by atoms with Crippen LogP contribution in [0.25, 0.3) is 10.9 Å². The molecule has 1 aromatic heterocycles. The lowest BCUT2D eigenvalue weighted by Crippen LogP contribution is -2.15. The van der Waals surface area contributed by atoms with E-state index in [9.17, 15) is 9.59 Å². The number of aromatic nitrogens is 1. The molecule has 0 radical (unpaired) electrons. The number of para-hydroxylation sites is 1. The molecule has 1 aromatic carbocycles. The van der Waals surface area contributed by atoms with Crippen molar-refractivity contribution in [1.29, 1.82) is 0 Å². The van der Waals surface area contributed by atoms with Crippen LogP contribution in [0.15, 0.2) is 43.0 Å². The summed E-state index contributed by atoms with van der Waals surface area (Å²) in [5.74, 6) is -0.547. The van der Waals surface area contributed by atoms with Crippen LogP contribution in [-0.2, 0) is 9.53 Å². The molecule has 0 fully saturated rings. The minimum atomic E-state index is -0.430. The number of pyridine rings is 1. The van der Waals surface area contributed by atoms with Gasteiger partial charge in [-0.1, -0.05) is 24.3 Å². The van der Waals surface area contributed by atoms with Crippen LogP contribution in [0.2, 0.25) is 0 Å². The average molecular weight is 299 g/mol. The summed E-state index contributed by atoms with van der Waals surface area (Å²) in [5, 5.41) is 0.824. The third-order valence-corrected chi connectivity index (χ3v) is 3.10. The van der Waals surface area contributed by atoms with Crippen molar-refractivity contribution < 1.29 is 19.1 Å². The van der Waals surface area contributed by atoms with Crippen molar-refractivity contribution >= 4 is 22.7 Å². The molecule has 0 aliphatic heterocycles. The predicted octanol–water partition coefficient (Wildman–Crippen LogP) is 2.94. The monoisotopic (exact) mass is 299 g/mol. The molecule has 1 heterocycles. The maximum atomic E-state index is 12.2. The van der Waals surface area contributed by atoms with Gasteiger partial charge in [-0.3, -0.25) is 9.59 Å². The Labute approximate surface area is 128 Å². The number of esters is 1. The van der Waals surface area contributed by atoms with Crippen LogP contribution in [0.4, 0.5) is 0 Å². The van der Waals surface area contributed by atoms with E-state index < -0.39 is 5.97 Å². The Morgan fingerprint density at radius 3 is 2.82 bits per heavy atom. The smallest absolute Gasteiger partial charge is 0.306 e. The number of allylic oxidation sites excluding steroid dienone is 1. The zero-order valence-corrected chi connectivity index (χ0v) is 12.4. The maximum absolute atomic E-state index is 12.2. The lowest BCUT2D eigenvalue weighted by molar-refractivity contribution is -0.142. The van der Waals surface area contributed by atoms with Gasteiger partial charge in [0.15, 0.2) is 6.61 Å². The van der Waals surface area contributed by atoms with Gasteiger partial charge in [-0.05, 0) is 18.6 Å². The van der Waals surface area contributed by atoms with E-state index in [1.165, 1.54) is 7.11 Å². The van der Waals surface area contributed by atoms with Gasteiger partial charge in [0, 0.05) is 11.8 Å². The quantitative estimate of drug-likeness (QED) is 0.447. The fourth-order valence-electron chi connectivity index (χ4n) is 1.97. The lowest BCUT2D eigenvalue weighted by atomic mass is 10.1. The van der Waals surface area contributed by atoms with Crippen LogP contribution in [-0.4, -0.2) is 30.5 Å². The first-order valence-electron chi connectivity index (χ1n) is 6.89. The van der Waals surface area contributed by atoms with E-state index in [2.05, 4.69) is 11.6 Å². The van der Waals surface area contributed by atoms with Crippen molar-refractivity contribution in [3.63, 3.8) is 0 Å². The van der Waals surface area contributed by atoms with Crippen molar-refractivity contribution in [1.82, 2.24) is 4.98 Å². The Balaban J connectivity index is 2.16. The number of nitrogens with zero attached hydrogens (tertiary/aromatic N) is 1. The Morgan fingerprint density at radius 2 is 2.09 bits per heavy atom. The number of methoxy groups -OCH3 is 1. The second-order valence-corrected chi connectivity index (χ2v) is 4.65. The SMILES string of the molecule is C=CCCC(=O)OCC(=O)c1cc2ccccc2nc1OC. The number of hydrogen-bond donors (Lipinski definition) is 0. The van der Waals surface area contributed by atoms with Crippen LogP contribution in [0.3, 0.4) is 0 Å². The summed E-state index contributed by atoms with van der Waals surface area (Å²) in [5.41, 5.74) is 1.04. The Kier molecular flexibility index (Phi) is 5.25. The van der Waals surface area contributed by atoms with Crippen molar-refractivity contribution in [2.75, 3.05) is 13.7 Å². The number of Topliss-reactive ketones (excluding diaryl/α,β-unsaturated/α-hetero) is 1. The number of carbonyl (C=O) groups excluding carboxylic acids is 2. The number of fused-ring (bicyclic) bond motifs is 1. The molecule has 2 aromatic rings. The summed E-state index contributed by atoms with van der Waals surface area (Å²) in [4.78, 5) is 28.0. The highest BCUT2D eigenvalue weighted by Gasteiger charge is 2.16. The van der Waals surface area contributed by atoms with Gasteiger partial charge in [-0.25, -0.2) is 4.98 Å². The standard InChI is InChI=1S/C17H17NO4/c1-3-4-9-16(20)22-11-15(19)13-10-12-7-5-6-8-14(12)18-17(13)21-2/h3,5-8,10H,1,4,9,11H2,2H3. The number of rotatable bonds is 7. The highest BCUT2D eigenvalue weighted by atomic mass is 16.5. The lowest BCUT2D eigenvalue weighted by Gasteiger charge is -2.09. The Hall–Kier alpha value is -2.69. The molecule has 0 amide bonds. The highest BCUT2D eigenvalue weighted by Crippen LogP contribution is 2.22. The third-order valence-electron chi connectivity index (χ3n) is 3.10. The molecular formula is C17H17NO4. The third kappa shape index (κ3) is 3.69. The first kappa shape index (κ1) is 15.7. The molecule has 0 unspecified atom stereocenters. The van der Waals surface area contributed by atoms with Gasteiger partial charge < -0.3 is 9.47 Å². The summed E-state index contributed by atoms with van der Waals surface area (Å²) in [6, 6.07) is 9.11. The van der Waals surface area contributed by atoms with E-state index in [-0.39, 0.29) is 24.7 Å². The van der Waals surface area contributed by atoms with Crippen LogP contribution < -0.4 is 4.74 Å². The molecule has 0 saturated heterocycles. The Bertz CT molecular complexity index is 709. The zero-order valence-electron chi connectivity index (χ0n) is 12.4. The molecule has 0 atom stereocenters. The molecule has 0 saturated carbocycles. The molecule has 0 spiro atoms. The van der Waals surface area contributed by atoms with E-state index in [4.69, 9.17) is 9.47 Å². The van der Waals surface area contributed by atoms with E-state index >= 15 is 0 Å². The van der Waals surface area contributed by atoms with Crippen molar-refractivity contribution in [2.24, 2.45) is 0 Å². The van der Waals surface area contributed by atoms with Crippen LogP contribution in [0.5, 0.6) is 5.88 Å². The molecule has 0 N–H and O–H groups in total. The first-order valence-corrected chi connectivity index (χ1v) is 6.89. The van der Waals surface area contributed by atoms with E-state index in [1.807, 2.05) is 24.3 Å². The topological polar surface area (TPSA) is 65.5 Å². The maximum Gasteiger partial charge on any atom is 0.306 e. The largest absolute Gasteiger partial charge is 0.480 e. The molecule has 0 aliphatic rings. The van der Waals surface area contributed by atoms with Crippen molar-refractivity contribution in [2.45, 2.75) is 12.8 Å². The van der Waals surface area contributed by atoms with Gasteiger partial charge in [0.1, 0.15) is 0 Å². The van der Waals surface area contributed by atoms with Gasteiger partial charge in [0.25, 0.3) is 0 Å². The van der Waals surface area contributed by atoms with Gasteiger partial charge in [-0.15, -0.1) is 6.58 Å². The summed E-state index contributed by atoms with van der Waals surface area (Å²) < 4.78 is 10.1. The van der Waals surface area contributed by atoms with E-state index in [0.29, 0.717) is 12.0 Å². The normalized spacial score (nSPS) is 10.2. The molecule has 22 heavy (non-hydrogen) atoms. The number of ether oxygens (including phenoxy) is 2. The summed E-state index contributed by atoms with van der Waals surface area (Å²) in [7, 11) is 1.45. The Morgan fingerprint density at radius 1 is 1.32 bits per heavy atom. The first-order chi connectivity index (χ1) is 10.7. The molecule has 2 rings (SSSR count). The fraction of sp³-hybridized carbons (Fsp3) is 0.235. The van der Waals surface area contributed by atoms with Crippen LogP contribution >= 0.6 is 0 Å². The molecule has 5 heteroatoms. The van der Waals surface area contributed by atoms with E-state index in [1.54, 1.807) is 12.1 Å². The minimum Gasteiger partial charge on any atom is -0.480 e. The zero-order chi connectivity index (χ0) is 15.9. The van der Waals surface area contributed by atoms with E-state index in [0.717, 1.165) is 10.9 Å². The highest BCUT2D eigenvalue weighted by molar-refractivity contribution is 6.02. The fourth-order valence-corrected chi connectivity index (χ4v) is 1.97. The van der Waals surface area contributed by atoms with Crippen LogP contribution in [0.1, 0.15) is 23.2 Å². The van der Waals surface area contributed by atoms with Gasteiger partial charge in [0.2, 0.25) is 11.7 Å².